The van der Waals surface area contributed by atoms with Crippen LogP contribution in [0.1, 0.15) is 11.1 Å². The fraction of sp³-hybridized carbons (Fsp3) is 0.188. The molecule has 3 nitrogen and oxygen atoms in total. The number of hydrogen-bond acceptors (Lipinski definition) is 3. The van der Waals surface area contributed by atoms with E-state index in [1.54, 1.807) is 13.2 Å². The van der Waals surface area contributed by atoms with Crippen LogP contribution in [0.5, 0.6) is 0 Å². The third-order valence-corrected chi connectivity index (χ3v) is 2.91. The molecule has 0 aliphatic heterocycles. The molecule has 19 heavy (non-hydrogen) atoms. The van der Waals surface area contributed by atoms with Crippen molar-refractivity contribution in [3.05, 3.63) is 59.7 Å². The summed E-state index contributed by atoms with van der Waals surface area (Å²) in [5.74, 6) is 0. The van der Waals surface area contributed by atoms with E-state index in [-0.39, 0.29) is 0 Å². The van der Waals surface area contributed by atoms with Gasteiger partial charge >= 0.3 is 0 Å². The summed E-state index contributed by atoms with van der Waals surface area (Å²) in [5, 5.41) is 12.4. The number of ether oxygens (including phenoxy) is 1. The Kier molecular flexibility index (Phi) is 4.54. The van der Waals surface area contributed by atoms with Gasteiger partial charge in [0.2, 0.25) is 0 Å². The first kappa shape index (κ1) is 13.1. The molecule has 0 aromatic heterocycles. The predicted molar refractivity (Wildman–Crippen MR) is 76.5 cm³/mol. The van der Waals surface area contributed by atoms with Crippen LogP contribution in [0, 0.1) is 11.3 Å². The Bertz CT molecular complexity index is 587. The topological polar surface area (TPSA) is 45.0 Å². The zero-order chi connectivity index (χ0) is 13.5. The van der Waals surface area contributed by atoms with E-state index in [1.807, 2.05) is 36.4 Å². The summed E-state index contributed by atoms with van der Waals surface area (Å²) < 4.78 is 5.12. The molecule has 2 aromatic rings. The van der Waals surface area contributed by atoms with Gasteiger partial charge in [0.25, 0.3) is 0 Å². The second-order valence-corrected chi connectivity index (χ2v) is 4.18. The maximum Gasteiger partial charge on any atom is 0.101 e. The Morgan fingerprint density at radius 2 is 1.74 bits per heavy atom. The third-order valence-electron chi connectivity index (χ3n) is 2.91. The summed E-state index contributed by atoms with van der Waals surface area (Å²) in [4.78, 5) is 0. The summed E-state index contributed by atoms with van der Waals surface area (Å²) in [6.45, 7) is 0.679. The number of anilines is 2. The van der Waals surface area contributed by atoms with Crippen molar-refractivity contribution in [1.82, 2.24) is 0 Å². The molecule has 3 heteroatoms. The second kappa shape index (κ2) is 6.58. The summed E-state index contributed by atoms with van der Waals surface area (Å²) in [5.41, 5.74) is 3.67. The van der Waals surface area contributed by atoms with E-state index in [2.05, 4.69) is 17.5 Å². The normalized spacial score (nSPS) is 9.89. The molecule has 2 rings (SSSR count). The van der Waals surface area contributed by atoms with E-state index in [0.29, 0.717) is 12.2 Å². The number of rotatable bonds is 5. The molecule has 0 heterocycles. The Labute approximate surface area is 113 Å². The molecule has 0 bridgehead atoms. The van der Waals surface area contributed by atoms with E-state index >= 15 is 0 Å². The number of nitrogens with one attached hydrogen (secondary N) is 1. The zero-order valence-corrected chi connectivity index (χ0v) is 10.9. The van der Waals surface area contributed by atoms with E-state index in [9.17, 15) is 0 Å². The van der Waals surface area contributed by atoms with Gasteiger partial charge < -0.3 is 10.1 Å². The lowest BCUT2D eigenvalue weighted by Crippen LogP contribution is -2.01. The first-order valence-corrected chi connectivity index (χ1v) is 6.18. The lowest BCUT2D eigenvalue weighted by molar-refractivity contribution is 0.202. The predicted octanol–water partition coefficient (Wildman–Crippen LogP) is 3.49. The molecule has 0 amide bonds. The molecular formula is C16H16N2O. The van der Waals surface area contributed by atoms with Crippen molar-refractivity contribution >= 4 is 11.4 Å². The van der Waals surface area contributed by atoms with E-state index in [0.717, 1.165) is 17.8 Å². The van der Waals surface area contributed by atoms with Gasteiger partial charge in [-0.2, -0.15) is 5.26 Å². The molecule has 0 saturated heterocycles. The second-order valence-electron chi connectivity index (χ2n) is 4.18. The highest BCUT2D eigenvalue weighted by Crippen LogP contribution is 2.23. The average Bonchev–Trinajstić information content (AvgIpc) is 2.47. The summed E-state index contributed by atoms with van der Waals surface area (Å²) in [6.07, 6.45) is 0.842. The first-order chi connectivity index (χ1) is 9.35. The zero-order valence-electron chi connectivity index (χ0n) is 10.9. The van der Waals surface area contributed by atoms with Crippen LogP contribution in [-0.2, 0) is 11.2 Å². The monoisotopic (exact) mass is 252 g/mol. The number of benzene rings is 2. The number of nitrogens with zero attached hydrogens (tertiary/aromatic N) is 1. The highest BCUT2D eigenvalue weighted by molar-refractivity contribution is 5.68. The Morgan fingerprint density at radius 3 is 2.47 bits per heavy atom. The van der Waals surface area contributed by atoms with Gasteiger partial charge in [0.1, 0.15) is 6.07 Å². The lowest BCUT2D eigenvalue weighted by Gasteiger charge is -2.12. The Morgan fingerprint density at radius 1 is 1.05 bits per heavy atom. The molecule has 1 N–H and O–H groups in total. The molecule has 0 aliphatic rings. The standard InChI is InChI=1S/C16H16N2O/c1-19-11-10-13-6-2-4-8-15(13)18-16-9-5-3-7-14(16)12-17/h2-9,18H,10-11H2,1H3. The van der Waals surface area contributed by atoms with Crippen LogP contribution in [0.15, 0.2) is 48.5 Å². The SMILES string of the molecule is COCCc1ccccc1Nc1ccccc1C#N. The van der Waals surface area contributed by atoms with Gasteiger partial charge in [0, 0.05) is 12.8 Å². The molecule has 0 spiro atoms. The molecule has 0 aliphatic carbocycles. The minimum absolute atomic E-state index is 0.643. The van der Waals surface area contributed by atoms with Gasteiger partial charge in [-0.25, -0.2) is 0 Å². The van der Waals surface area contributed by atoms with E-state index < -0.39 is 0 Å². The van der Waals surface area contributed by atoms with Crippen LogP contribution in [-0.4, -0.2) is 13.7 Å². The lowest BCUT2D eigenvalue weighted by atomic mass is 10.1. The fourth-order valence-electron chi connectivity index (χ4n) is 1.91. The van der Waals surface area contributed by atoms with Gasteiger partial charge in [-0.05, 0) is 30.2 Å². The molecule has 0 saturated carbocycles. The Hall–Kier alpha value is -2.31. The number of methoxy groups -OCH3 is 1. The van der Waals surface area contributed by atoms with Crippen molar-refractivity contribution < 1.29 is 4.74 Å². The largest absolute Gasteiger partial charge is 0.384 e. The van der Waals surface area contributed by atoms with E-state index in [4.69, 9.17) is 10.00 Å². The molecule has 2 aromatic carbocycles. The van der Waals surface area contributed by atoms with Gasteiger partial charge in [-0.15, -0.1) is 0 Å². The Balaban J connectivity index is 2.26. The van der Waals surface area contributed by atoms with Crippen molar-refractivity contribution in [1.29, 1.82) is 5.26 Å². The van der Waals surface area contributed by atoms with Gasteiger partial charge in [-0.3, -0.25) is 0 Å². The van der Waals surface area contributed by atoms with Crippen LogP contribution in [0.25, 0.3) is 0 Å². The maximum absolute atomic E-state index is 9.10. The van der Waals surface area contributed by atoms with Crippen LogP contribution >= 0.6 is 0 Å². The van der Waals surface area contributed by atoms with Crippen molar-refractivity contribution in [3.63, 3.8) is 0 Å². The number of hydrogen-bond donors (Lipinski definition) is 1. The molecular weight excluding hydrogens is 236 g/mol. The highest BCUT2D eigenvalue weighted by atomic mass is 16.5. The summed E-state index contributed by atoms with van der Waals surface area (Å²) in [6, 6.07) is 17.7. The average molecular weight is 252 g/mol. The molecule has 0 fully saturated rings. The summed E-state index contributed by atoms with van der Waals surface area (Å²) in [7, 11) is 1.70. The quantitative estimate of drug-likeness (QED) is 0.886. The molecule has 0 atom stereocenters. The van der Waals surface area contributed by atoms with Crippen LogP contribution in [0.3, 0.4) is 0 Å². The van der Waals surface area contributed by atoms with E-state index in [1.165, 1.54) is 5.56 Å². The van der Waals surface area contributed by atoms with Crippen LogP contribution in [0.4, 0.5) is 11.4 Å². The fourth-order valence-corrected chi connectivity index (χ4v) is 1.91. The van der Waals surface area contributed by atoms with Gasteiger partial charge in [-0.1, -0.05) is 30.3 Å². The molecule has 0 unspecified atom stereocenters. The molecule has 96 valence electrons. The minimum atomic E-state index is 0.643. The van der Waals surface area contributed by atoms with Crippen LogP contribution < -0.4 is 5.32 Å². The molecule has 0 radical (unpaired) electrons. The number of nitriles is 1. The van der Waals surface area contributed by atoms with Gasteiger partial charge in [0.15, 0.2) is 0 Å². The van der Waals surface area contributed by atoms with Gasteiger partial charge in [0.05, 0.1) is 17.9 Å². The van der Waals surface area contributed by atoms with Crippen molar-refractivity contribution in [2.24, 2.45) is 0 Å². The van der Waals surface area contributed by atoms with Crippen molar-refractivity contribution in [2.75, 3.05) is 19.0 Å². The van der Waals surface area contributed by atoms with Crippen LogP contribution in [0.2, 0.25) is 0 Å². The summed E-state index contributed by atoms with van der Waals surface area (Å²) >= 11 is 0. The van der Waals surface area contributed by atoms with Crippen molar-refractivity contribution in [2.45, 2.75) is 6.42 Å². The highest BCUT2D eigenvalue weighted by Gasteiger charge is 2.05. The first-order valence-electron chi connectivity index (χ1n) is 6.18. The van der Waals surface area contributed by atoms with Crippen molar-refractivity contribution in [3.8, 4) is 6.07 Å². The number of para-hydroxylation sites is 2. The smallest absolute Gasteiger partial charge is 0.101 e. The third kappa shape index (κ3) is 3.34. The maximum atomic E-state index is 9.10. The minimum Gasteiger partial charge on any atom is -0.384 e.